The van der Waals surface area contributed by atoms with Crippen LogP contribution >= 0.6 is 0 Å². The number of piperazine rings is 1. The number of halogens is 1. The highest BCUT2D eigenvalue weighted by atomic mass is 19.1. The third kappa shape index (κ3) is 6.18. The van der Waals surface area contributed by atoms with Crippen LogP contribution in [-0.2, 0) is 22.7 Å². The molecular formula is C35H43FN4O3. The average Bonchev–Trinajstić information content (AvgIpc) is 3.26. The van der Waals surface area contributed by atoms with Gasteiger partial charge in [-0.3, -0.25) is 29.5 Å². The van der Waals surface area contributed by atoms with Crippen molar-refractivity contribution >= 4 is 23.3 Å². The molecule has 2 fully saturated rings. The first kappa shape index (κ1) is 29.7. The molecule has 0 bridgehead atoms. The van der Waals surface area contributed by atoms with E-state index in [0.29, 0.717) is 18.5 Å². The maximum atomic E-state index is 13.7. The SMILES string of the molecule is CC1(C)CCC(CN2CCN(Cc3ccc4c(c3)CN(C3CCC(=O)NC3=O)C4=O)CC2(C)C)=C(c2ccc(F)cc2)C1. The second-order valence-corrected chi connectivity index (χ2v) is 14.3. The minimum atomic E-state index is -0.594. The molecule has 1 atom stereocenters. The Bertz CT molecular complexity index is 1480. The molecule has 0 saturated carbocycles. The van der Waals surface area contributed by atoms with Gasteiger partial charge in [-0.25, -0.2) is 4.39 Å². The lowest BCUT2D eigenvalue weighted by Crippen LogP contribution is -2.59. The Hall–Kier alpha value is -3.36. The monoisotopic (exact) mass is 586 g/mol. The van der Waals surface area contributed by atoms with E-state index in [2.05, 4.69) is 48.9 Å². The molecule has 0 aromatic heterocycles. The van der Waals surface area contributed by atoms with Crippen LogP contribution in [0.1, 0.15) is 86.8 Å². The van der Waals surface area contributed by atoms with Crippen LogP contribution < -0.4 is 5.32 Å². The minimum absolute atomic E-state index is 0.0264. The van der Waals surface area contributed by atoms with Crippen molar-refractivity contribution in [2.45, 2.75) is 84.5 Å². The van der Waals surface area contributed by atoms with Gasteiger partial charge in [0.15, 0.2) is 0 Å². The maximum absolute atomic E-state index is 13.7. The fourth-order valence-electron chi connectivity index (χ4n) is 7.40. The number of carbonyl (C=O) groups excluding carboxylic acids is 3. The van der Waals surface area contributed by atoms with Gasteiger partial charge in [0.05, 0.1) is 0 Å². The predicted octanol–water partition coefficient (Wildman–Crippen LogP) is 5.15. The summed E-state index contributed by atoms with van der Waals surface area (Å²) in [5, 5.41) is 2.37. The summed E-state index contributed by atoms with van der Waals surface area (Å²) in [4.78, 5) is 43.8. The lowest BCUT2D eigenvalue weighted by molar-refractivity contribution is -0.136. The summed E-state index contributed by atoms with van der Waals surface area (Å²) in [7, 11) is 0. The summed E-state index contributed by atoms with van der Waals surface area (Å²) in [6, 6.07) is 12.5. The molecule has 6 rings (SSSR count). The lowest BCUT2D eigenvalue weighted by Gasteiger charge is -2.48. The quantitative estimate of drug-likeness (QED) is 0.475. The number of benzene rings is 2. The van der Waals surface area contributed by atoms with E-state index < -0.39 is 6.04 Å². The largest absolute Gasteiger partial charge is 0.322 e. The molecule has 1 aliphatic carbocycles. The van der Waals surface area contributed by atoms with E-state index in [0.717, 1.165) is 68.7 Å². The molecule has 7 nitrogen and oxygen atoms in total. The molecule has 2 aromatic rings. The van der Waals surface area contributed by atoms with Gasteiger partial charge in [0, 0.05) is 56.8 Å². The normalized spacial score (nSPS) is 24.3. The summed E-state index contributed by atoms with van der Waals surface area (Å²) in [5.41, 5.74) is 6.99. The van der Waals surface area contributed by atoms with E-state index in [9.17, 15) is 18.8 Å². The van der Waals surface area contributed by atoms with Crippen LogP contribution in [0.15, 0.2) is 48.0 Å². The van der Waals surface area contributed by atoms with Gasteiger partial charge in [0.2, 0.25) is 11.8 Å². The number of imide groups is 1. The van der Waals surface area contributed by atoms with Crippen LogP contribution in [0.5, 0.6) is 0 Å². The first-order valence-electron chi connectivity index (χ1n) is 15.6. The molecule has 4 aliphatic rings. The van der Waals surface area contributed by atoms with E-state index in [1.165, 1.54) is 11.1 Å². The van der Waals surface area contributed by atoms with Crippen molar-refractivity contribution in [3.05, 3.63) is 76.1 Å². The number of carbonyl (C=O) groups is 3. The number of amides is 3. The Balaban J connectivity index is 1.12. The van der Waals surface area contributed by atoms with Crippen molar-refractivity contribution in [1.82, 2.24) is 20.0 Å². The number of fused-ring (bicyclic) bond motifs is 1. The molecule has 0 radical (unpaired) electrons. The molecule has 0 spiro atoms. The van der Waals surface area contributed by atoms with Crippen molar-refractivity contribution in [3.8, 4) is 0 Å². The van der Waals surface area contributed by atoms with E-state index in [4.69, 9.17) is 0 Å². The van der Waals surface area contributed by atoms with Crippen LogP contribution in [0, 0.1) is 11.2 Å². The van der Waals surface area contributed by atoms with Gasteiger partial charge in [-0.1, -0.05) is 43.7 Å². The molecule has 1 unspecified atom stereocenters. The van der Waals surface area contributed by atoms with Crippen molar-refractivity contribution < 1.29 is 18.8 Å². The highest BCUT2D eigenvalue weighted by Crippen LogP contribution is 2.43. The number of rotatable bonds is 6. The zero-order valence-corrected chi connectivity index (χ0v) is 25.8. The molecule has 43 heavy (non-hydrogen) atoms. The second kappa shape index (κ2) is 11.3. The fourth-order valence-corrected chi connectivity index (χ4v) is 7.40. The first-order valence-corrected chi connectivity index (χ1v) is 15.6. The second-order valence-electron chi connectivity index (χ2n) is 14.3. The van der Waals surface area contributed by atoms with Crippen molar-refractivity contribution in [3.63, 3.8) is 0 Å². The van der Waals surface area contributed by atoms with Crippen LogP contribution in [0.25, 0.3) is 5.57 Å². The van der Waals surface area contributed by atoms with E-state index >= 15 is 0 Å². The summed E-state index contributed by atoms with van der Waals surface area (Å²) < 4.78 is 13.7. The first-order chi connectivity index (χ1) is 20.4. The number of nitrogens with zero attached hydrogens (tertiary/aromatic N) is 3. The Kier molecular flexibility index (Phi) is 7.80. The summed E-state index contributed by atoms with van der Waals surface area (Å²) in [5.74, 6) is -0.982. The molecular weight excluding hydrogens is 543 g/mol. The molecule has 2 aromatic carbocycles. The molecule has 1 N–H and O–H groups in total. The van der Waals surface area contributed by atoms with E-state index in [1.54, 1.807) is 17.0 Å². The number of hydrogen-bond donors (Lipinski definition) is 1. The number of hydrogen-bond acceptors (Lipinski definition) is 5. The van der Waals surface area contributed by atoms with Crippen molar-refractivity contribution in [1.29, 1.82) is 0 Å². The van der Waals surface area contributed by atoms with Gasteiger partial charge in [-0.05, 0) is 85.4 Å². The zero-order valence-electron chi connectivity index (χ0n) is 25.8. The molecule has 3 aliphatic heterocycles. The van der Waals surface area contributed by atoms with Crippen molar-refractivity contribution in [2.24, 2.45) is 5.41 Å². The minimum Gasteiger partial charge on any atom is -0.322 e. The van der Waals surface area contributed by atoms with Gasteiger partial charge < -0.3 is 4.90 Å². The van der Waals surface area contributed by atoms with Crippen LogP contribution in [-0.4, -0.2) is 70.2 Å². The number of piperidine rings is 1. The number of nitrogens with one attached hydrogen (secondary N) is 1. The fraction of sp³-hybridized carbons (Fsp3) is 0.514. The summed E-state index contributed by atoms with van der Waals surface area (Å²) >= 11 is 0. The topological polar surface area (TPSA) is 73.0 Å². The Morgan fingerprint density at radius 1 is 0.953 bits per heavy atom. The smallest absolute Gasteiger partial charge is 0.255 e. The predicted molar refractivity (Wildman–Crippen MR) is 164 cm³/mol. The maximum Gasteiger partial charge on any atom is 0.255 e. The molecule has 228 valence electrons. The number of allylic oxidation sites excluding steroid dienone is 1. The summed E-state index contributed by atoms with van der Waals surface area (Å²) in [6.07, 6.45) is 3.87. The van der Waals surface area contributed by atoms with E-state index in [-0.39, 0.29) is 40.9 Å². The van der Waals surface area contributed by atoms with Gasteiger partial charge in [-0.15, -0.1) is 0 Å². The van der Waals surface area contributed by atoms with Crippen molar-refractivity contribution in [2.75, 3.05) is 26.2 Å². The molecule has 2 saturated heterocycles. The highest BCUT2D eigenvalue weighted by molar-refractivity contribution is 6.05. The van der Waals surface area contributed by atoms with Crippen LogP contribution in [0.3, 0.4) is 0 Å². The molecule has 8 heteroatoms. The van der Waals surface area contributed by atoms with Gasteiger partial charge >= 0.3 is 0 Å². The molecule has 3 heterocycles. The average molecular weight is 587 g/mol. The Morgan fingerprint density at radius 2 is 1.72 bits per heavy atom. The Labute approximate surface area is 254 Å². The summed E-state index contributed by atoms with van der Waals surface area (Å²) in [6.45, 7) is 14.3. The third-order valence-corrected chi connectivity index (χ3v) is 9.91. The highest BCUT2D eigenvalue weighted by Gasteiger charge is 2.40. The van der Waals surface area contributed by atoms with Gasteiger partial charge in [0.1, 0.15) is 11.9 Å². The van der Waals surface area contributed by atoms with E-state index in [1.807, 2.05) is 24.3 Å². The third-order valence-electron chi connectivity index (χ3n) is 9.91. The van der Waals surface area contributed by atoms with Gasteiger partial charge in [-0.2, -0.15) is 0 Å². The zero-order chi connectivity index (χ0) is 30.5. The standard InChI is InChI=1S/C35H43FN4O3/c1-34(2)14-13-25(29(18-34)24-6-8-27(36)9-7-24)20-39-16-15-38(22-35(39,3)4)19-23-5-10-28-26(17-23)21-40(33(28)43)30-11-12-31(41)37-32(30)42/h5-10,17,30H,11-16,18-22H2,1-4H3,(H,37,41,42). The van der Waals surface area contributed by atoms with Crippen LogP contribution in [0.4, 0.5) is 4.39 Å². The van der Waals surface area contributed by atoms with Crippen LogP contribution in [0.2, 0.25) is 0 Å². The molecule has 3 amide bonds. The van der Waals surface area contributed by atoms with Gasteiger partial charge in [0.25, 0.3) is 5.91 Å². The lowest BCUT2D eigenvalue weighted by atomic mass is 9.72. The Morgan fingerprint density at radius 3 is 2.44 bits per heavy atom.